The van der Waals surface area contributed by atoms with Crippen molar-refractivity contribution < 1.29 is 14.3 Å². The average Bonchev–Trinajstić information content (AvgIpc) is 2.84. The van der Waals surface area contributed by atoms with E-state index in [9.17, 15) is 4.79 Å². The largest absolute Gasteiger partial charge is 0.508 e. The molecule has 0 aliphatic heterocycles. The number of amides is 1. The van der Waals surface area contributed by atoms with Gasteiger partial charge >= 0.3 is 0 Å². The van der Waals surface area contributed by atoms with E-state index in [0.29, 0.717) is 12.1 Å². The molecule has 88 valence electrons. The van der Waals surface area contributed by atoms with Crippen molar-refractivity contribution in [3.05, 3.63) is 54.0 Å². The molecule has 1 N–H and O–H groups in total. The number of carbonyl (C=O) groups is 1. The summed E-state index contributed by atoms with van der Waals surface area (Å²) in [6, 6.07) is 8.41. The van der Waals surface area contributed by atoms with E-state index in [2.05, 4.69) is 0 Å². The molecule has 0 unspecified atom stereocenters. The third-order valence-electron chi connectivity index (χ3n) is 2.47. The maximum absolute atomic E-state index is 11.9. The summed E-state index contributed by atoms with van der Waals surface area (Å²) in [5, 5.41) is 9.16. The summed E-state index contributed by atoms with van der Waals surface area (Å²) in [5.41, 5.74) is 1.49. The van der Waals surface area contributed by atoms with Crippen molar-refractivity contribution in [2.24, 2.45) is 0 Å². The standard InChI is InChI=1S/C13H13NO3/c1-14(13(16)11-6-7-17-9-11)8-10-2-4-12(15)5-3-10/h2-7,9,15H,8H2,1H3. The molecule has 0 aliphatic rings. The van der Waals surface area contributed by atoms with Gasteiger partial charge in [-0.25, -0.2) is 0 Å². The van der Waals surface area contributed by atoms with Gasteiger partial charge in [0, 0.05) is 13.6 Å². The second kappa shape index (κ2) is 4.74. The minimum absolute atomic E-state index is 0.0909. The van der Waals surface area contributed by atoms with Gasteiger partial charge in [-0.05, 0) is 23.8 Å². The van der Waals surface area contributed by atoms with Crippen LogP contribution in [0, 0.1) is 0 Å². The minimum Gasteiger partial charge on any atom is -0.508 e. The van der Waals surface area contributed by atoms with Crippen LogP contribution in [-0.2, 0) is 6.54 Å². The molecule has 17 heavy (non-hydrogen) atoms. The number of benzene rings is 1. The number of furan rings is 1. The highest BCUT2D eigenvalue weighted by Crippen LogP contribution is 2.12. The first kappa shape index (κ1) is 11.3. The van der Waals surface area contributed by atoms with Crippen LogP contribution in [0.2, 0.25) is 0 Å². The van der Waals surface area contributed by atoms with Crippen molar-refractivity contribution in [1.82, 2.24) is 4.90 Å². The third-order valence-corrected chi connectivity index (χ3v) is 2.47. The van der Waals surface area contributed by atoms with Crippen LogP contribution < -0.4 is 0 Å². The number of phenols is 1. The van der Waals surface area contributed by atoms with Gasteiger partial charge in [-0.15, -0.1) is 0 Å². The quantitative estimate of drug-likeness (QED) is 0.881. The van der Waals surface area contributed by atoms with E-state index in [0.717, 1.165) is 5.56 Å². The molecule has 0 aliphatic carbocycles. The zero-order valence-electron chi connectivity index (χ0n) is 9.46. The summed E-state index contributed by atoms with van der Waals surface area (Å²) in [5.74, 6) is 0.129. The van der Waals surface area contributed by atoms with Gasteiger partial charge in [0.1, 0.15) is 12.0 Å². The summed E-state index contributed by atoms with van der Waals surface area (Å²) >= 11 is 0. The van der Waals surface area contributed by atoms with E-state index in [1.807, 2.05) is 0 Å². The van der Waals surface area contributed by atoms with E-state index in [-0.39, 0.29) is 11.7 Å². The highest BCUT2D eigenvalue weighted by molar-refractivity contribution is 5.93. The molecule has 4 nitrogen and oxygen atoms in total. The Hall–Kier alpha value is -2.23. The first-order valence-electron chi connectivity index (χ1n) is 5.22. The van der Waals surface area contributed by atoms with Gasteiger partial charge in [0.15, 0.2) is 0 Å². The van der Waals surface area contributed by atoms with Crippen molar-refractivity contribution in [2.75, 3.05) is 7.05 Å². The van der Waals surface area contributed by atoms with Crippen molar-refractivity contribution in [2.45, 2.75) is 6.54 Å². The van der Waals surface area contributed by atoms with Gasteiger partial charge < -0.3 is 14.4 Å². The summed E-state index contributed by atoms with van der Waals surface area (Å²) in [7, 11) is 1.72. The predicted molar refractivity (Wildman–Crippen MR) is 62.6 cm³/mol. The molecule has 1 aromatic heterocycles. The lowest BCUT2D eigenvalue weighted by atomic mass is 10.2. The molecule has 0 saturated carbocycles. The monoisotopic (exact) mass is 231 g/mol. The number of hydrogen-bond acceptors (Lipinski definition) is 3. The number of phenolic OH excluding ortho intramolecular Hbond substituents is 1. The molecule has 0 bridgehead atoms. The van der Waals surface area contributed by atoms with Crippen molar-refractivity contribution in [1.29, 1.82) is 0 Å². The summed E-state index contributed by atoms with van der Waals surface area (Å²) < 4.78 is 4.87. The summed E-state index contributed by atoms with van der Waals surface area (Å²) in [6.07, 6.45) is 2.90. The van der Waals surface area contributed by atoms with Crippen LogP contribution in [0.3, 0.4) is 0 Å². The zero-order chi connectivity index (χ0) is 12.3. The van der Waals surface area contributed by atoms with Crippen LogP contribution >= 0.6 is 0 Å². The normalized spacial score (nSPS) is 10.2. The fourth-order valence-corrected chi connectivity index (χ4v) is 1.55. The Bertz CT molecular complexity index is 488. The highest BCUT2D eigenvalue weighted by Gasteiger charge is 2.12. The minimum atomic E-state index is -0.0909. The Labute approximate surface area is 99.1 Å². The fourth-order valence-electron chi connectivity index (χ4n) is 1.55. The molecule has 1 amide bonds. The van der Waals surface area contributed by atoms with Gasteiger partial charge in [0.05, 0.1) is 11.8 Å². The van der Waals surface area contributed by atoms with Crippen LogP contribution in [-0.4, -0.2) is 23.0 Å². The SMILES string of the molecule is CN(Cc1ccc(O)cc1)C(=O)c1ccoc1. The van der Waals surface area contributed by atoms with Crippen molar-refractivity contribution in [3.8, 4) is 5.75 Å². The van der Waals surface area contributed by atoms with Crippen molar-refractivity contribution in [3.63, 3.8) is 0 Å². The second-order valence-corrected chi connectivity index (χ2v) is 3.84. The lowest BCUT2D eigenvalue weighted by molar-refractivity contribution is 0.0784. The number of rotatable bonds is 3. The molecular formula is C13H13NO3. The van der Waals surface area contributed by atoms with E-state index in [4.69, 9.17) is 9.52 Å². The Morgan fingerprint density at radius 2 is 2.00 bits per heavy atom. The average molecular weight is 231 g/mol. The molecule has 1 aromatic carbocycles. The van der Waals surface area contributed by atoms with Gasteiger partial charge in [0.2, 0.25) is 0 Å². The molecule has 0 radical (unpaired) electrons. The number of carbonyl (C=O) groups excluding carboxylic acids is 1. The Morgan fingerprint density at radius 3 is 2.59 bits per heavy atom. The number of nitrogens with zero attached hydrogens (tertiary/aromatic N) is 1. The van der Waals surface area contributed by atoms with Gasteiger partial charge in [-0.3, -0.25) is 4.79 Å². The Balaban J connectivity index is 2.04. The molecule has 2 rings (SSSR count). The Kier molecular flexibility index (Phi) is 3.14. The third kappa shape index (κ3) is 2.66. The summed E-state index contributed by atoms with van der Waals surface area (Å²) in [6.45, 7) is 0.490. The fraction of sp³-hybridized carbons (Fsp3) is 0.154. The highest BCUT2D eigenvalue weighted by atomic mass is 16.3. The molecule has 0 fully saturated rings. The van der Waals surface area contributed by atoms with E-state index >= 15 is 0 Å². The van der Waals surface area contributed by atoms with Gasteiger partial charge in [-0.2, -0.15) is 0 Å². The molecule has 4 heteroatoms. The van der Waals surface area contributed by atoms with Crippen molar-refractivity contribution >= 4 is 5.91 Å². The Morgan fingerprint density at radius 1 is 1.29 bits per heavy atom. The first-order valence-corrected chi connectivity index (χ1v) is 5.22. The van der Waals surface area contributed by atoms with Gasteiger partial charge in [0.25, 0.3) is 5.91 Å². The summed E-state index contributed by atoms with van der Waals surface area (Å²) in [4.78, 5) is 13.5. The molecule has 0 saturated heterocycles. The lowest BCUT2D eigenvalue weighted by Crippen LogP contribution is -2.25. The number of aromatic hydroxyl groups is 1. The van der Waals surface area contributed by atoms with E-state index in [1.165, 1.54) is 12.5 Å². The predicted octanol–water partition coefficient (Wildman–Crippen LogP) is 2.26. The molecular weight excluding hydrogens is 218 g/mol. The maximum Gasteiger partial charge on any atom is 0.257 e. The van der Waals surface area contributed by atoms with Crippen LogP contribution in [0.25, 0.3) is 0 Å². The van der Waals surface area contributed by atoms with E-state index < -0.39 is 0 Å². The van der Waals surface area contributed by atoms with Crippen LogP contribution in [0.15, 0.2) is 47.3 Å². The number of hydrogen-bond donors (Lipinski definition) is 1. The molecule has 1 heterocycles. The maximum atomic E-state index is 11.9. The molecule has 0 spiro atoms. The smallest absolute Gasteiger partial charge is 0.257 e. The lowest BCUT2D eigenvalue weighted by Gasteiger charge is -2.16. The first-order chi connectivity index (χ1) is 8.16. The van der Waals surface area contributed by atoms with E-state index in [1.54, 1.807) is 42.3 Å². The van der Waals surface area contributed by atoms with Crippen LogP contribution in [0.1, 0.15) is 15.9 Å². The second-order valence-electron chi connectivity index (χ2n) is 3.84. The molecule has 2 aromatic rings. The molecule has 0 atom stereocenters. The zero-order valence-corrected chi connectivity index (χ0v) is 9.46. The van der Waals surface area contributed by atoms with Crippen LogP contribution in [0.5, 0.6) is 5.75 Å². The van der Waals surface area contributed by atoms with Crippen LogP contribution in [0.4, 0.5) is 0 Å². The topological polar surface area (TPSA) is 53.7 Å². The van der Waals surface area contributed by atoms with Gasteiger partial charge in [-0.1, -0.05) is 12.1 Å².